The van der Waals surface area contributed by atoms with E-state index < -0.39 is 5.41 Å². The average Bonchev–Trinajstić information content (AvgIpc) is 3.35. The Morgan fingerprint density at radius 2 is 1.12 bits per heavy atom. The van der Waals surface area contributed by atoms with Gasteiger partial charge in [-0.15, -0.1) is 0 Å². The van der Waals surface area contributed by atoms with E-state index in [4.69, 9.17) is 9.73 Å². The van der Waals surface area contributed by atoms with E-state index in [2.05, 4.69) is 151 Å². The fourth-order valence-electron chi connectivity index (χ4n) is 7.22. The number of nitrogens with one attached hydrogen (secondary N) is 1. The quantitative estimate of drug-likeness (QED) is 0.238. The number of anilines is 1. The lowest BCUT2D eigenvalue weighted by atomic mass is 9.66. The molecular weight excluding hydrogens is 512 g/mol. The number of nitrogens with zero attached hydrogens (tertiary/aromatic N) is 1. The van der Waals surface area contributed by atoms with Gasteiger partial charge < -0.3 is 10.1 Å². The highest BCUT2D eigenvalue weighted by molar-refractivity contribution is 6.17. The van der Waals surface area contributed by atoms with Crippen LogP contribution >= 0.6 is 0 Å². The van der Waals surface area contributed by atoms with Crippen molar-refractivity contribution in [1.29, 1.82) is 0 Å². The molecule has 2 aliphatic heterocycles. The maximum Gasteiger partial charge on any atom is 0.145 e. The number of fused-ring (bicyclic) bond motifs is 10. The molecule has 0 aromatic heterocycles. The lowest BCUT2D eigenvalue weighted by Gasteiger charge is -2.39. The number of hydrogen-bond donors (Lipinski definition) is 1. The zero-order valence-electron chi connectivity index (χ0n) is 22.8. The van der Waals surface area contributed by atoms with Crippen molar-refractivity contribution < 1.29 is 4.74 Å². The summed E-state index contributed by atoms with van der Waals surface area (Å²) in [6, 6.07) is 51.7. The van der Waals surface area contributed by atoms with Crippen LogP contribution in [0.25, 0.3) is 11.1 Å². The van der Waals surface area contributed by atoms with Crippen LogP contribution in [-0.2, 0) is 5.41 Å². The second-order valence-electron chi connectivity index (χ2n) is 11.1. The van der Waals surface area contributed by atoms with E-state index in [1.165, 1.54) is 33.4 Å². The Kier molecular flexibility index (Phi) is 4.88. The summed E-state index contributed by atoms with van der Waals surface area (Å²) in [5, 5.41) is 3.72. The zero-order valence-corrected chi connectivity index (χ0v) is 22.8. The smallest absolute Gasteiger partial charge is 0.145 e. The first-order chi connectivity index (χ1) is 20.8. The number of aliphatic imine (C=N–C) groups is 1. The second-order valence-corrected chi connectivity index (χ2v) is 11.1. The van der Waals surface area contributed by atoms with E-state index >= 15 is 0 Å². The number of ether oxygens (including phenoxy) is 1. The second kappa shape index (κ2) is 8.79. The van der Waals surface area contributed by atoms with Gasteiger partial charge in [-0.05, 0) is 52.1 Å². The highest BCUT2D eigenvalue weighted by Crippen LogP contribution is 2.62. The lowest BCUT2D eigenvalue weighted by Crippen LogP contribution is -2.32. The van der Waals surface area contributed by atoms with Crippen molar-refractivity contribution in [3.8, 4) is 22.6 Å². The Morgan fingerprint density at radius 3 is 1.88 bits per heavy atom. The number of hydrogen-bond acceptors (Lipinski definition) is 3. The molecule has 0 fully saturated rings. The molecule has 42 heavy (non-hydrogen) atoms. The Labute approximate surface area is 244 Å². The van der Waals surface area contributed by atoms with Crippen molar-refractivity contribution in [3.63, 3.8) is 0 Å². The molecule has 6 aromatic rings. The maximum absolute atomic E-state index is 6.47. The summed E-state index contributed by atoms with van der Waals surface area (Å²) in [5.74, 6) is 1.82. The SMILES string of the molecule is c1ccc(C2=NC(c3ccc4c(c3)-c3ccccc3C43c4ccccc4Oc4ccccc43)Nc3ccccc32)cc1. The Balaban J connectivity index is 1.27. The van der Waals surface area contributed by atoms with Crippen LogP contribution in [0, 0.1) is 0 Å². The van der Waals surface area contributed by atoms with Gasteiger partial charge in [0.1, 0.15) is 17.7 Å². The van der Waals surface area contributed by atoms with Gasteiger partial charge >= 0.3 is 0 Å². The van der Waals surface area contributed by atoms with Crippen molar-refractivity contribution >= 4 is 11.4 Å². The maximum atomic E-state index is 6.47. The molecule has 1 aliphatic carbocycles. The van der Waals surface area contributed by atoms with Gasteiger partial charge in [-0.3, -0.25) is 4.99 Å². The first kappa shape index (κ1) is 23.3. The minimum absolute atomic E-state index is 0.210. The van der Waals surface area contributed by atoms with Crippen molar-refractivity contribution in [2.24, 2.45) is 4.99 Å². The third kappa shape index (κ3) is 3.13. The Morgan fingerprint density at radius 1 is 0.524 bits per heavy atom. The first-order valence-corrected chi connectivity index (χ1v) is 14.4. The van der Waals surface area contributed by atoms with Gasteiger partial charge in [0.05, 0.1) is 11.1 Å². The van der Waals surface area contributed by atoms with E-state index in [0.29, 0.717) is 0 Å². The molecule has 3 heteroatoms. The minimum atomic E-state index is -0.457. The molecule has 3 nitrogen and oxygen atoms in total. The molecule has 6 aromatic carbocycles. The van der Waals surface area contributed by atoms with Crippen LogP contribution in [0.5, 0.6) is 11.5 Å². The third-order valence-electron chi connectivity index (χ3n) is 8.97. The van der Waals surface area contributed by atoms with E-state index in [-0.39, 0.29) is 6.17 Å². The molecule has 1 spiro atoms. The standard InChI is InChI=1S/C39H26N2O/c1-2-12-25(13-3-1)37-28-15-5-9-19-34(28)40-38(41-37)26-22-23-31-29(24-26)27-14-4-6-16-30(27)39(31)32-17-7-10-20-35(32)42-36-21-11-8-18-33(36)39/h1-24,38,40H. The summed E-state index contributed by atoms with van der Waals surface area (Å²) < 4.78 is 6.47. The van der Waals surface area contributed by atoms with Gasteiger partial charge in [0.15, 0.2) is 0 Å². The minimum Gasteiger partial charge on any atom is -0.457 e. The van der Waals surface area contributed by atoms with Gasteiger partial charge in [0, 0.05) is 27.9 Å². The molecule has 1 atom stereocenters. The summed E-state index contributed by atoms with van der Waals surface area (Å²) >= 11 is 0. The summed E-state index contributed by atoms with van der Waals surface area (Å²) in [4.78, 5) is 5.31. The van der Waals surface area contributed by atoms with Crippen molar-refractivity contribution in [2.75, 3.05) is 5.32 Å². The molecule has 0 saturated carbocycles. The predicted octanol–water partition coefficient (Wildman–Crippen LogP) is 9.12. The monoisotopic (exact) mass is 538 g/mol. The summed E-state index contributed by atoms with van der Waals surface area (Å²) in [7, 11) is 0. The number of benzene rings is 6. The van der Waals surface area contributed by atoms with E-state index in [1.807, 2.05) is 0 Å². The topological polar surface area (TPSA) is 33.6 Å². The summed E-state index contributed by atoms with van der Waals surface area (Å²) in [6.45, 7) is 0. The Hall–Kier alpha value is -5.41. The van der Waals surface area contributed by atoms with Crippen LogP contribution in [0.1, 0.15) is 45.1 Å². The van der Waals surface area contributed by atoms with Gasteiger partial charge in [-0.2, -0.15) is 0 Å². The van der Waals surface area contributed by atoms with Gasteiger partial charge in [0.2, 0.25) is 0 Å². The molecule has 2 heterocycles. The summed E-state index contributed by atoms with van der Waals surface area (Å²) in [6.07, 6.45) is -0.210. The molecule has 0 bridgehead atoms. The average molecular weight is 539 g/mol. The first-order valence-electron chi connectivity index (χ1n) is 14.4. The molecular formula is C39H26N2O. The Bertz CT molecular complexity index is 2010. The zero-order chi connectivity index (χ0) is 27.7. The van der Waals surface area contributed by atoms with Gasteiger partial charge in [-0.1, -0.05) is 121 Å². The molecule has 0 radical (unpaired) electrons. The van der Waals surface area contributed by atoms with Crippen LogP contribution in [0.15, 0.2) is 151 Å². The summed E-state index contributed by atoms with van der Waals surface area (Å²) in [5.41, 5.74) is 12.5. The normalized spacial score (nSPS) is 16.6. The van der Waals surface area contributed by atoms with Gasteiger partial charge in [0.25, 0.3) is 0 Å². The third-order valence-corrected chi connectivity index (χ3v) is 8.97. The van der Waals surface area contributed by atoms with Crippen LogP contribution in [0.2, 0.25) is 0 Å². The molecule has 1 unspecified atom stereocenters. The fourth-order valence-corrected chi connectivity index (χ4v) is 7.22. The molecule has 0 saturated heterocycles. The van der Waals surface area contributed by atoms with Crippen molar-refractivity contribution in [1.82, 2.24) is 0 Å². The van der Waals surface area contributed by atoms with Gasteiger partial charge in [-0.25, -0.2) is 0 Å². The molecule has 1 N–H and O–H groups in total. The van der Waals surface area contributed by atoms with E-state index in [1.54, 1.807) is 0 Å². The largest absolute Gasteiger partial charge is 0.457 e. The van der Waals surface area contributed by atoms with Crippen LogP contribution in [0.3, 0.4) is 0 Å². The fraction of sp³-hybridized carbons (Fsp3) is 0.0513. The van der Waals surface area contributed by atoms with Crippen LogP contribution in [0.4, 0.5) is 5.69 Å². The highest BCUT2D eigenvalue weighted by atomic mass is 16.5. The van der Waals surface area contributed by atoms with E-state index in [0.717, 1.165) is 39.6 Å². The van der Waals surface area contributed by atoms with Crippen LogP contribution in [-0.4, -0.2) is 5.71 Å². The molecule has 198 valence electrons. The number of rotatable bonds is 2. The predicted molar refractivity (Wildman–Crippen MR) is 169 cm³/mol. The number of para-hydroxylation sites is 3. The lowest BCUT2D eigenvalue weighted by molar-refractivity contribution is 0.436. The van der Waals surface area contributed by atoms with Crippen molar-refractivity contribution in [2.45, 2.75) is 11.6 Å². The molecule has 0 amide bonds. The van der Waals surface area contributed by atoms with Crippen molar-refractivity contribution in [3.05, 3.63) is 185 Å². The highest BCUT2D eigenvalue weighted by Gasteiger charge is 2.51. The molecule has 9 rings (SSSR count). The van der Waals surface area contributed by atoms with Crippen LogP contribution < -0.4 is 10.1 Å². The molecule has 3 aliphatic rings. The van der Waals surface area contributed by atoms with E-state index in [9.17, 15) is 0 Å².